The van der Waals surface area contributed by atoms with Crippen LogP contribution < -0.4 is 0 Å². The summed E-state index contributed by atoms with van der Waals surface area (Å²) < 4.78 is 0. The first-order chi connectivity index (χ1) is 9.29. The molecule has 2 aromatic heterocycles. The van der Waals surface area contributed by atoms with Crippen molar-refractivity contribution in [2.75, 3.05) is 0 Å². The van der Waals surface area contributed by atoms with Gasteiger partial charge in [0.05, 0.1) is 15.9 Å². The van der Waals surface area contributed by atoms with Crippen LogP contribution in [-0.2, 0) is 12.8 Å². The van der Waals surface area contributed by atoms with E-state index in [1.165, 1.54) is 41.0 Å². The Balaban J connectivity index is 1.83. The number of nitrogens with one attached hydrogen (secondary N) is 1. The zero-order valence-corrected chi connectivity index (χ0v) is 11.3. The summed E-state index contributed by atoms with van der Waals surface area (Å²) in [4.78, 5) is 10.6. The Labute approximate surface area is 114 Å². The van der Waals surface area contributed by atoms with E-state index in [4.69, 9.17) is 0 Å². The lowest BCUT2D eigenvalue weighted by molar-refractivity contribution is 0.476. The molecular weight excluding hydrogens is 256 g/mol. The molecule has 0 radical (unpaired) electrons. The van der Waals surface area contributed by atoms with E-state index in [-0.39, 0.29) is 5.75 Å². The summed E-state index contributed by atoms with van der Waals surface area (Å²) in [6.07, 6.45) is 5.02. The Hall–Kier alpha value is -1.81. The second-order valence-electron chi connectivity index (χ2n) is 5.05. The molecule has 2 heterocycles. The predicted octanol–water partition coefficient (Wildman–Crippen LogP) is 3.88. The Bertz CT molecular complexity index is 733. The number of phenolic OH excluding ortho intramolecular Hbond substituents is 1. The quantitative estimate of drug-likeness (QED) is 0.705. The normalized spacial score (nSPS) is 14.7. The van der Waals surface area contributed by atoms with Crippen molar-refractivity contribution in [1.29, 1.82) is 0 Å². The first-order valence-corrected chi connectivity index (χ1v) is 7.42. The van der Waals surface area contributed by atoms with E-state index in [0.717, 1.165) is 16.9 Å². The highest BCUT2D eigenvalue weighted by atomic mass is 32.1. The fourth-order valence-electron chi connectivity index (χ4n) is 2.72. The van der Waals surface area contributed by atoms with Crippen LogP contribution in [-0.4, -0.2) is 15.1 Å². The molecule has 0 unspecified atom stereocenters. The molecule has 4 heteroatoms. The number of aryl methyl sites for hydroxylation is 2. The van der Waals surface area contributed by atoms with Gasteiger partial charge in [-0.1, -0.05) is 0 Å². The Morgan fingerprint density at radius 3 is 2.95 bits per heavy atom. The minimum Gasteiger partial charge on any atom is -0.508 e. The topological polar surface area (TPSA) is 48.9 Å². The van der Waals surface area contributed by atoms with E-state index in [9.17, 15) is 5.11 Å². The van der Waals surface area contributed by atoms with Crippen LogP contribution in [0.4, 0.5) is 0 Å². The van der Waals surface area contributed by atoms with Gasteiger partial charge in [-0.15, -0.1) is 11.3 Å². The van der Waals surface area contributed by atoms with Crippen LogP contribution in [0.5, 0.6) is 5.75 Å². The lowest BCUT2D eigenvalue weighted by atomic mass is 9.99. The van der Waals surface area contributed by atoms with E-state index in [0.29, 0.717) is 0 Å². The van der Waals surface area contributed by atoms with Gasteiger partial charge in [-0.3, -0.25) is 0 Å². The average Bonchev–Trinajstić information content (AvgIpc) is 3.00. The molecule has 0 saturated carbocycles. The maximum absolute atomic E-state index is 9.50. The molecule has 0 atom stereocenters. The van der Waals surface area contributed by atoms with Crippen molar-refractivity contribution in [3.63, 3.8) is 0 Å². The molecule has 0 fully saturated rings. The van der Waals surface area contributed by atoms with E-state index in [1.54, 1.807) is 12.1 Å². The van der Waals surface area contributed by atoms with Crippen LogP contribution in [0.15, 0.2) is 24.3 Å². The monoisotopic (exact) mass is 270 g/mol. The molecule has 2 N–H and O–H groups in total. The van der Waals surface area contributed by atoms with Crippen molar-refractivity contribution in [1.82, 2.24) is 9.97 Å². The molecule has 1 aliphatic rings. The zero-order valence-electron chi connectivity index (χ0n) is 10.4. The number of thiophene rings is 1. The van der Waals surface area contributed by atoms with Gasteiger partial charge >= 0.3 is 0 Å². The summed E-state index contributed by atoms with van der Waals surface area (Å²) in [6.45, 7) is 0. The van der Waals surface area contributed by atoms with Crippen LogP contribution in [0.2, 0.25) is 0 Å². The third kappa shape index (κ3) is 1.83. The van der Waals surface area contributed by atoms with Crippen molar-refractivity contribution in [3.8, 4) is 16.5 Å². The molecule has 1 aromatic carbocycles. The van der Waals surface area contributed by atoms with Gasteiger partial charge < -0.3 is 10.1 Å². The SMILES string of the molecule is Oc1ccc2nc(-c3cc4c(s3)CCCC4)[nH]c2c1. The number of aromatic nitrogens is 2. The van der Waals surface area contributed by atoms with Gasteiger partial charge in [0.15, 0.2) is 0 Å². The van der Waals surface area contributed by atoms with Crippen LogP contribution in [0.25, 0.3) is 21.7 Å². The van der Waals surface area contributed by atoms with E-state index in [1.807, 2.05) is 17.4 Å². The maximum Gasteiger partial charge on any atom is 0.148 e. The number of rotatable bonds is 1. The number of hydrogen-bond acceptors (Lipinski definition) is 3. The largest absolute Gasteiger partial charge is 0.508 e. The van der Waals surface area contributed by atoms with Crippen LogP contribution in [0.1, 0.15) is 23.3 Å². The number of H-pyrrole nitrogens is 1. The molecule has 1 aliphatic carbocycles. The summed E-state index contributed by atoms with van der Waals surface area (Å²) in [6, 6.07) is 7.51. The fourth-order valence-corrected chi connectivity index (χ4v) is 3.92. The molecular formula is C15H14N2OS. The van der Waals surface area contributed by atoms with Crippen LogP contribution >= 0.6 is 11.3 Å². The van der Waals surface area contributed by atoms with Crippen molar-refractivity contribution >= 4 is 22.4 Å². The van der Waals surface area contributed by atoms with Gasteiger partial charge in [0.25, 0.3) is 0 Å². The van der Waals surface area contributed by atoms with Gasteiger partial charge in [0.2, 0.25) is 0 Å². The number of phenols is 1. The van der Waals surface area contributed by atoms with Crippen molar-refractivity contribution in [2.45, 2.75) is 25.7 Å². The molecule has 0 aliphatic heterocycles. The standard InChI is InChI=1S/C15H14N2OS/c18-10-5-6-11-12(8-10)17-15(16-11)14-7-9-3-1-2-4-13(9)19-14/h5-8,18H,1-4H2,(H,16,17). The van der Waals surface area contributed by atoms with Gasteiger partial charge in [0, 0.05) is 10.9 Å². The molecule has 0 amide bonds. The number of hydrogen-bond donors (Lipinski definition) is 2. The van der Waals surface area contributed by atoms with Crippen molar-refractivity contribution < 1.29 is 5.11 Å². The lowest BCUT2D eigenvalue weighted by Crippen LogP contribution is -1.96. The van der Waals surface area contributed by atoms with Crippen molar-refractivity contribution in [3.05, 3.63) is 34.7 Å². The number of aromatic hydroxyl groups is 1. The molecule has 0 bridgehead atoms. The maximum atomic E-state index is 9.50. The fraction of sp³-hybridized carbons (Fsp3) is 0.267. The highest BCUT2D eigenvalue weighted by Crippen LogP contribution is 2.35. The molecule has 0 saturated heterocycles. The molecule has 19 heavy (non-hydrogen) atoms. The summed E-state index contributed by atoms with van der Waals surface area (Å²) in [5.74, 6) is 1.19. The average molecular weight is 270 g/mol. The minimum atomic E-state index is 0.271. The number of nitrogens with zero attached hydrogens (tertiary/aromatic N) is 1. The Morgan fingerprint density at radius 2 is 2.05 bits per heavy atom. The highest BCUT2D eigenvalue weighted by Gasteiger charge is 2.16. The smallest absolute Gasteiger partial charge is 0.148 e. The predicted molar refractivity (Wildman–Crippen MR) is 77.7 cm³/mol. The lowest BCUT2D eigenvalue weighted by Gasteiger charge is -2.08. The summed E-state index contributed by atoms with van der Waals surface area (Å²) in [5.41, 5.74) is 3.29. The first-order valence-electron chi connectivity index (χ1n) is 6.60. The first kappa shape index (κ1) is 11.1. The molecule has 0 spiro atoms. The second-order valence-corrected chi connectivity index (χ2v) is 6.19. The number of imidazole rings is 1. The number of aromatic amines is 1. The van der Waals surface area contributed by atoms with Crippen LogP contribution in [0.3, 0.4) is 0 Å². The third-order valence-electron chi connectivity index (χ3n) is 3.70. The molecule has 3 nitrogen and oxygen atoms in total. The summed E-state index contributed by atoms with van der Waals surface area (Å²) in [5, 5.41) is 9.50. The van der Waals surface area contributed by atoms with Gasteiger partial charge in [-0.2, -0.15) is 0 Å². The van der Waals surface area contributed by atoms with E-state index < -0.39 is 0 Å². The van der Waals surface area contributed by atoms with Gasteiger partial charge in [0.1, 0.15) is 11.6 Å². The summed E-state index contributed by atoms with van der Waals surface area (Å²) >= 11 is 1.85. The van der Waals surface area contributed by atoms with E-state index >= 15 is 0 Å². The zero-order chi connectivity index (χ0) is 12.8. The molecule has 96 valence electrons. The Morgan fingerprint density at radius 1 is 1.16 bits per heavy atom. The van der Waals surface area contributed by atoms with Gasteiger partial charge in [-0.05, 0) is 49.4 Å². The molecule has 3 aromatic rings. The Kier molecular flexibility index (Phi) is 2.38. The number of fused-ring (bicyclic) bond motifs is 2. The van der Waals surface area contributed by atoms with Crippen molar-refractivity contribution in [2.24, 2.45) is 0 Å². The van der Waals surface area contributed by atoms with E-state index in [2.05, 4.69) is 16.0 Å². The molecule has 4 rings (SSSR count). The number of benzene rings is 1. The highest BCUT2D eigenvalue weighted by molar-refractivity contribution is 7.15. The third-order valence-corrected chi connectivity index (χ3v) is 4.94. The minimum absolute atomic E-state index is 0.271. The second kappa shape index (κ2) is 4.10. The van der Waals surface area contributed by atoms with Crippen LogP contribution in [0, 0.1) is 0 Å². The van der Waals surface area contributed by atoms with Gasteiger partial charge in [-0.25, -0.2) is 4.98 Å². The summed E-state index contributed by atoms with van der Waals surface area (Å²) in [7, 11) is 0.